The van der Waals surface area contributed by atoms with Gasteiger partial charge < -0.3 is 15.5 Å². The van der Waals surface area contributed by atoms with Crippen LogP contribution in [0.4, 0.5) is 18.9 Å². The average Bonchev–Trinajstić information content (AvgIpc) is 3.02. The first-order chi connectivity index (χ1) is 22.1. The van der Waals surface area contributed by atoms with Gasteiger partial charge in [0.05, 0.1) is 5.56 Å². The lowest BCUT2D eigenvalue weighted by molar-refractivity contribution is -0.137. The van der Waals surface area contributed by atoms with Crippen LogP contribution in [-0.4, -0.2) is 55.9 Å². The van der Waals surface area contributed by atoms with Crippen molar-refractivity contribution < 1.29 is 13.2 Å². The van der Waals surface area contributed by atoms with Crippen LogP contribution in [0.1, 0.15) is 74.8 Å². The number of aliphatic imine (C=N–C) groups is 1. The van der Waals surface area contributed by atoms with E-state index in [1.165, 1.54) is 23.3 Å². The summed E-state index contributed by atoms with van der Waals surface area (Å²) < 4.78 is 41.8. The third-order valence-electron chi connectivity index (χ3n) is 8.15. The summed E-state index contributed by atoms with van der Waals surface area (Å²) in [5, 5.41) is 6.66. The van der Waals surface area contributed by atoms with Crippen LogP contribution in [0.2, 0.25) is 0 Å². The molecule has 1 saturated heterocycles. The van der Waals surface area contributed by atoms with E-state index < -0.39 is 11.7 Å². The minimum atomic E-state index is -4.44. The molecule has 2 N–H and O–H groups in total. The van der Waals surface area contributed by atoms with E-state index in [-0.39, 0.29) is 0 Å². The number of hydrogen-bond donors (Lipinski definition) is 2. The lowest BCUT2D eigenvalue weighted by Crippen LogP contribution is -2.43. The molecule has 0 bridgehead atoms. The fourth-order valence-electron chi connectivity index (χ4n) is 5.54. The minimum absolute atomic E-state index is 0.447. The van der Waals surface area contributed by atoms with Gasteiger partial charge in [-0.05, 0) is 111 Å². The number of hydrogen-bond acceptors (Lipinski definition) is 5. The van der Waals surface area contributed by atoms with E-state index in [2.05, 4.69) is 77.2 Å². The molecule has 2 aromatic rings. The highest BCUT2D eigenvalue weighted by Gasteiger charge is 2.31. The van der Waals surface area contributed by atoms with E-state index in [0.29, 0.717) is 30.0 Å². The predicted octanol–water partition coefficient (Wildman–Crippen LogP) is 8.85. The standard InChI is InChI=1S/C38H52F3N5/c1-7-11-32-16-17-37(25-33(32)15-14-30(10-4)26-42-28-43-36(12-8-2)13-9-3)44-29(5)34-22-31(23-35(24-34)38(39,40)41)27-46-20-18-45(6)19-21-46/h8,10,12-13,16-17,22-26,43-44H,5,7,9,11,14-15,18-21,27-28H2,1-4,6H3/b12-8-,30-10-,36-13+,42-26-. The molecule has 0 radical (unpaired) electrons. The fraction of sp³-hybridized carbons (Fsp3) is 0.447. The largest absolute Gasteiger partial charge is 0.416 e. The molecule has 3 rings (SSSR count). The molecular formula is C38H52F3N5. The van der Waals surface area contributed by atoms with Crippen molar-refractivity contribution in [2.24, 2.45) is 4.99 Å². The maximum absolute atomic E-state index is 13.9. The van der Waals surface area contributed by atoms with Crippen LogP contribution in [0.3, 0.4) is 0 Å². The molecule has 5 nitrogen and oxygen atoms in total. The van der Waals surface area contributed by atoms with Gasteiger partial charge in [0.2, 0.25) is 0 Å². The van der Waals surface area contributed by atoms with Gasteiger partial charge in [-0.1, -0.05) is 51.1 Å². The molecule has 1 aliphatic rings. The molecule has 1 heterocycles. The number of alkyl halides is 3. The van der Waals surface area contributed by atoms with Crippen LogP contribution in [-0.2, 0) is 25.6 Å². The Morgan fingerprint density at radius 2 is 1.76 bits per heavy atom. The zero-order chi connectivity index (χ0) is 33.5. The summed E-state index contributed by atoms with van der Waals surface area (Å²) in [5.74, 6) is 0. The number of rotatable bonds is 16. The number of nitrogens with zero attached hydrogens (tertiary/aromatic N) is 3. The topological polar surface area (TPSA) is 42.9 Å². The van der Waals surface area contributed by atoms with Crippen molar-refractivity contribution in [2.45, 2.75) is 72.5 Å². The Labute approximate surface area is 274 Å². The summed E-state index contributed by atoms with van der Waals surface area (Å²) in [5.41, 5.74) is 6.42. The molecule has 0 amide bonds. The van der Waals surface area contributed by atoms with Crippen molar-refractivity contribution in [3.63, 3.8) is 0 Å². The second-order valence-corrected chi connectivity index (χ2v) is 11.9. The Morgan fingerprint density at radius 3 is 2.41 bits per heavy atom. The van der Waals surface area contributed by atoms with Crippen LogP contribution in [0.5, 0.6) is 0 Å². The van der Waals surface area contributed by atoms with Gasteiger partial charge in [0.15, 0.2) is 0 Å². The first-order valence-corrected chi connectivity index (χ1v) is 16.5. The van der Waals surface area contributed by atoms with E-state index in [1.807, 2.05) is 44.3 Å². The number of likely N-dealkylation sites (N-methyl/N-ethyl adjacent to an activating group) is 1. The number of aryl methyl sites for hydroxylation is 2. The zero-order valence-electron chi connectivity index (χ0n) is 28.3. The Hall–Kier alpha value is -3.62. The smallest absolute Gasteiger partial charge is 0.367 e. The lowest BCUT2D eigenvalue weighted by atomic mass is 9.96. The van der Waals surface area contributed by atoms with Crippen molar-refractivity contribution in [3.05, 3.63) is 106 Å². The van der Waals surface area contributed by atoms with Crippen molar-refractivity contribution in [1.82, 2.24) is 15.1 Å². The second kappa shape index (κ2) is 18.5. The van der Waals surface area contributed by atoms with Gasteiger partial charge in [-0.25, -0.2) is 0 Å². The van der Waals surface area contributed by atoms with Gasteiger partial charge in [0, 0.05) is 56.0 Å². The zero-order valence-corrected chi connectivity index (χ0v) is 28.3. The molecule has 0 atom stereocenters. The Balaban J connectivity index is 1.73. The Morgan fingerprint density at radius 1 is 1.00 bits per heavy atom. The van der Waals surface area contributed by atoms with Crippen molar-refractivity contribution in [2.75, 3.05) is 45.2 Å². The highest BCUT2D eigenvalue weighted by atomic mass is 19.4. The number of allylic oxidation sites excluding steroid dienone is 5. The number of anilines is 1. The molecule has 0 spiro atoms. The van der Waals surface area contributed by atoms with Gasteiger partial charge >= 0.3 is 6.18 Å². The molecule has 0 saturated carbocycles. The Bertz CT molecular complexity index is 1400. The van der Waals surface area contributed by atoms with Gasteiger partial charge in [-0.15, -0.1) is 0 Å². The SMILES string of the molecule is C=C(Nc1ccc(CCC)c(CCC(/C=N\CNC(/C=C\C)=C/CC)=C/C)c1)c1cc(CN2CCN(C)CC2)cc(C(F)(F)F)c1. The summed E-state index contributed by atoms with van der Waals surface area (Å²) in [6.45, 7) is 16.9. The second-order valence-electron chi connectivity index (χ2n) is 11.9. The van der Waals surface area contributed by atoms with Crippen molar-refractivity contribution >= 4 is 17.6 Å². The highest BCUT2D eigenvalue weighted by molar-refractivity contribution is 5.78. The van der Waals surface area contributed by atoms with Gasteiger partial charge in [0.25, 0.3) is 0 Å². The third-order valence-corrected chi connectivity index (χ3v) is 8.15. The van der Waals surface area contributed by atoms with Crippen LogP contribution in [0, 0.1) is 0 Å². The summed E-state index contributed by atoms with van der Waals surface area (Å²) >= 11 is 0. The molecule has 0 aliphatic carbocycles. The first kappa shape index (κ1) is 36.8. The van der Waals surface area contributed by atoms with Crippen LogP contribution in [0.25, 0.3) is 5.70 Å². The van der Waals surface area contributed by atoms with Gasteiger partial charge in [-0.2, -0.15) is 13.2 Å². The average molecular weight is 636 g/mol. The molecule has 2 aromatic carbocycles. The van der Waals surface area contributed by atoms with Gasteiger partial charge in [0.1, 0.15) is 6.67 Å². The summed E-state index contributed by atoms with van der Waals surface area (Å²) in [4.78, 5) is 9.03. The van der Waals surface area contributed by atoms with E-state index in [4.69, 9.17) is 0 Å². The molecular weight excluding hydrogens is 583 g/mol. The van der Waals surface area contributed by atoms with Gasteiger partial charge in [-0.3, -0.25) is 9.89 Å². The maximum Gasteiger partial charge on any atom is 0.416 e. The molecule has 0 unspecified atom stereocenters. The summed E-state index contributed by atoms with van der Waals surface area (Å²) in [7, 11) is 2.07. The van der Waals surface area contributed by atoms with Crippen LogP contribution >= 0.6 is 0 Å². The minimum Gasteiger partial charge on any atom is -0.367 e. The molecule has 46 heavy (non-hydrogen) atoms. The molecule has 1 fully saturated rings. The number of piperazine rings is 1. The quantitative estimate of drug-likeness (QED) is 0.143. The first-order valence-electron chi connectivity index (χ1n) is 16.5. The monoisotopic (exact) mass is 635 g/mol. The molecule has 8 heteroatoms. The highest BCUT2D eigenvalue weighted by Crippen LogP contribution is 2.33. The maximum atomic E-state index is 13.9. The predicted molar refractivity (Wildman–Crippen MR) is 189 cm³/mol. The van der Waals surface area contributed by atoms with E-state index >= 15 is 0 Å². The molecule has 1 aliphatic heterocycles. The normalized spacial score (nSPS) is 15.7. The van der Waals surface area contributed by atoms with E-state index in [1.54, 1.807) is 0 Å². The molecule has 250 valence electrons. The van der Waals surface area contributed by atoms with Crippen LogP contribution < -0.4 is 10.6 Å². The summed E-state index contributed by atoms with van der Waals surface area (Å²) in [6, 6.07) is 10.5. The number of nitrogens with one attached hydrogen (secondary N) is 2. The summed E-state index contributed by atoms with van der Waals surface area (Å²) in [6.07, 6.45) is 10.4. The lowest BCUT2D eigenvalue weighted by Gasteiger charge is -2.32. The van der Waals surface area contributed by atoms with Crippen molar-refractivity contribution in [1.29, 1.82) is 0 Å². The number of benzene rings is 2. The van der Waals surface area contributed by atoms with Crippen molar-refractivity contribution in [3.8, 4) is 0 Å². The number of halogens is 3. The fourth-order valence-corrected chi connectivity index (χ4v) is 5.54. The third kappa shape index (κ3) is 12.0. The van der Waals surface area contributed by atoms with E-state index in [0.717, 1.165) is 75.2 Å². The molecule has 0 aromatic heterocycles. The van der Waals surface area contributed by atoms with Crippen LogP contribution in [0.15, 0.2) is 83.5 Å². The van der Waals surface area contributed by atoms with E-state index in [9.17, 15) is 13.2 Å². The Kier molecular flexibility index (Phi) is 14.8.